The molecule has 3 aliphatic rings. The van der Waals surface area contributed by atoms with E-state index >= 15 is 4.39 Å². The Hall–Kier alpha value is -4.31. The third kappa shape index (κ3) is 5.11. The summed E-state index contributed by atoms with van der Waals surface area (Å²) >= 11 is 0. The Morgan fingerprint density at radius 1 is 1.24 bits per heavy atom. The fourth-order valence-corrected chi connectivity index (χ4v) is 6.25. The molecule has 3 heterocycles. The Balaban J connectivity index is 1.34. The van der Waals surface area contributed by atoms with Gasteiger partial charge >= 0.3 is 0 Å². The summed E-state index contributed by atoms with van der Waals surface area (Å²) in [7, 11) is 0. The summed E-state index contributed by atoms with van der Waals surface area (Å²) < 4.78 is 21.4. The lowest BCUT2D eigenvalue weighted by molar-refractivity contribution is -0.127. The van der Waals surface area contributed by atoms with Crippen molar-refractivity contribution < 1.29 is 23.8 Å². The first-order valence-electron chi connectivity index (χ1n) is 14.3. The van der Waals surface area contributed by atoms with Crippen molar-refractivity contribution >= 4 is 23.3 Å². The SMILES string of the molecule is C=CC(=O)N1C[C@H](C)C[C@H]1COc1c(N)ncnc1-c1cc(F)cc(N2CCc3cc(C4CC4)ccc3C2=O)c1CO. The number of fused-ring (bicyclic) bond motifs is 1. The standard InChI is InChI=1S/C32H34FN5O4/c1-3-28(40)38-14-18(2)10-23(38)16-42-30-29(35-17-36-31(30)34)25-12-22(33)13-27(26(25)15-39)37-9-8-21-11-20(19-4-5-19)6-7-24(21)32(37)41/h3,6-7,11-13,17-19,23,39H,1,4-5,8-10,14-16H2,2H3,(H2,34,35,36)/t18-,23+/m1/s1. The van der Waals surface area contributed by atoms with E-state index in [0.29, 0.717) is 36.6 Å². The molecule has 3 aromatic rings. The van der Waals surface area contributed by atoms with Crippen LogP contribution in [-0.4, -0.2) is 57.5 Å². The highest BCUT2D eigenvalue weighted by molar-refractivity contribution is 6.09. The molecule has 1 saturated carbocycles. The van der Waals surface area contributed by atoms with E-state index in [1.54, 1.807) is 4.90 Å². The number of rotatable bonds is 8. The molecule has 0 spiro atoms. The number of nitrogen functional groups attached to an aromatic ring is 1. The molecule has 1 aliphatic carbocycles. The lowest BCUT2D eigenvalue weighted by atomic mass is 9.93. The van der Waals surface area contributed by atoms with E-state index < -0.39 is 12.4 Å². The number of carbonyl (C=O) groups is 2. The van der Waals surface area contributed by atoms with Crippen LogP contribution in [0.2, 0.25) is 0 Å². The van der Waals surface area contributed by atoms with Gasteiger partial charge in [-0.05, 0) is 72.9 Å². The Bertz CT molecular complexity index is 1570. The van der Waals surface area contributed by atoms with Crippen molar-refractivity contribution in [2.24, 2.45) is 5.92 Å². The van der Waals surface area contributed by atoms with Crippen LogP contribution in [0.15, 0.2) is 49.3 Å². The number of benzene rings is 2. The summed E-state index contributed by atoms with van der Waals surface area (Å²) in [4.78, 5) is 37.7. The van der Waals surface area contributed by atoms with Crippen LogP contribution >= 0.6 is 0 Å². The fraction of sp³-hybridized carbons (Fsp3) is 0.375. The highest BCUT2D eigenvalue weighted by Gasteiger charge is 2.34. The van der Waals surface area contributed by atoms with Crippen molar-refractivity contribution in [3.05, 3.63) is 77.4 Å². The molecule has 2 fully saturated rings. The zero-order valence-electron chi connectivity index (χ0n) is 23.6. The van der Waals surface area contributed by atoms with Crippen LogP contribution in [-0.2, 0) is 17.8 Å². The number of ether oxygens (including phenoxy) is 1. The Labute approximate surface area is 243 Å². The molecule has 10 heteroatoms. The number of carbonyl (C=O) groups excluding carboxylic acids is 2. The van der Waals surface area contributed by atoms with E-state index in [-0.39, 0.29) is 58.9 Å². The summed E-state index contributed by atoms with van der Waals surface area (Å²) in [5.74, 6) is -0.00488. The summed E-state index contributed by atoms with van der Waals surface area (Å²) in [6.07, 6.45) is 6.23. The molecule has 0 radical (unpaired) electrons. The fourth-order valence-electron chi connectivity index (χ4n) is 6.25. The normalized spacial score (nSPS) is 20.0. The molecule has 2 amide bonds. The lowest BCUT2D eigenvalue weighted by Gasteiger charge is -2.31. The van der Waals surface area contributed by atoms with Crippen LogP contribution in [0.4, 0.5) is 15.9 Å². The van der Waals surface area contributed by atoms with E-state index in [2.05, 4.69) is 29.5 Å². The topological polar surface area (TPSA) is 122 Å². The number of amides is 2. The van der Waals surface area contributed by atoms with Gasteiger partial charge in [-0.3, -0.25) is 9.59 Å². The number of aliphatic hydroxyl groups excluding tert-OH is 1. The third-order valence-electron chi connectivity index (χ3n) is 8.49. The quantitative estimate of drug-likeness (QED) is 0.388. The number of likely N-dealkylation sites (tertiary alicyclic amines) is 1. The summed E-state index contributed by atoms with van der Waals surface area (Å²) in [6.45, 7) is 6.23. The number of aliphatic hydroxyl groups is 1. The second kappa shape index (κ2) is 11.2. The predicted molar refractivity (Wildman–Crippen MR) is 157 cm³/mol. The molecule has 1 saturated heterocycles. The van der Waals surface area contributed by atoms with Gasteiger partial charge in [-0.25, -0.2) is 14.4 Å². The van der Waals surface area contributed by atoms with E-state index in [4.69, 9.17) is 10.5 Å². The van der Waals surface area contributed by atoms with E-state index in [1.165, 1.54) is 47.8 Å². The molecule has 0 unspecified atom stereocenters. The molecule has 0 bridgehead atoms. The van der Waals surface area contributed by atoms with Crippen molar-refractivity contribution in [2.45, 2.75) is 51.2 Å². The summed E-state index contributed by atoms with van der Waals surface area (Å²) in [5, 5.41) is 10.6. The molecule has 9 nitrogen and oxygen atoms in total. The number of anilines is 2. The molecule has 2 aliphatic heterocycles. The number of aromatic nitrogens is 2. The molecule has 42 heavy (non-hydrogen) atoms. The van der Waals surface area contributed by atoms with Crippen LogP contribution in [0.3, 0.4) is 0 Å². The minimum absolute atomic E-state index is 0.0387. The van der Waals surface area contributed by atoms with Gasteiger partial charge in [0.25, 0.3) is 5.91 Å². The van der Waals surface area contributed by atoms with Crippen LogP contribution in [0.5, 0.6) is 5.75 Å². The number of hydrogen-bond acceptors (Lipinski definition) is 7. The van der Waals surface area contributed by atoms with Gasteiger partial charge in [0.05, 0.1) is 18.3 Å². The average Bonchev–Trinajstić information content (AvgIpc) is 3.77. The van der Waals surface area contributed by atoms with Crippen molar-refractivity contribution in [3.8, 4) is 17.0 Å². The first kappa shape index (κ1) is 27.8. The Morgan fingerprint density at radius 3 is 2.79 bits per heavy atom. The smallest absolute Gasteiger partial charge is 0.258 e. The zero-order chi connectivity index (χ0) is 29.5. The van der Waals surface area contributed by atoms with Gasteiger partial charge in [0.1, 0.15) is 24.4 Å². The maximum Gasteiger partial charge on any atom is 0.258 e. The highest BCUT2D eigenvalue weighted by atomic mass is 19.1. The van der Waals surface area contributed by atoms with Gasteiger partial charge in [-0.2, -0.15) is 0 Å². The van der Waals surface area contributed by atoms with Crippen LogP contribution < -0.4 is 15.4 Å². The van der Waals surface area contributed by atoms with Gasteiger partial charge in [0, 0.05) is 29.8 Å². The van der Waals surface area contributed by atoms with Crippen LogP contribution in [0.25, 0.3) is 11.3 Å². The average molecular weight is 572 g/mol. The molecular formula is C32H34FN5O4. The van der Waals surface area contributed by atoms with E-state index in [0.717, 1.165) is 12.0 Å². The van der Waals surface area contributed by atoms with E-state index in [9.17, 15) is 14.7 Å². The molecule has 2 aromatic carbocycles. The maximum absolute atomic E-state index is 15.3. The van der Waals surface area contributed by atoms with Gasteiger partial charge in [-0.15, -0.1) is 0 Å². The summed E-state index contributed by atoms with van der Waals surface area (Å²) in [5.41, 5.74) is 10.1. The van der Waals surface area contributed by atoms with Gasteiger partial charge in [0.2, 0.25) is 5.91 Å². The Kier molecular flexibility index (Phi) is 7.40. The van der Waals surface area contributed by atoms with Crippen LogP contribution in [0.1, 0.15) is 59.2 Å². The second-order valence-electron chi connectivity index (χ2n) is 11.4. The minimum Gasteiger partial charge on any atom is -0.485 e. The maximum atomic E-state index is 15.3. The summed E-state index contributed by atoms with van der Waals surface area (Å²) in [6, 6.07) is 8.28. The molecule has 3 N–H and O–H groups in total. The minimum atomic E-state index is -0.601. The second-order valence-corrected chi connectivity index (χ2v) is 11.4. The van der Waals surface area contributed by atoms with Gasteiger partial charge in [-0.1, -0.05) is 25.6 Å². The van der Waals surface area contributed by atoms with Crippen molar-refractivity contribution in [1.82, 2.24) is 14.9 Å². The van der Waals surface area contributed by atoms with Crippen molar-refractivity contribution in [3.63, 3.8) is 0 Å². The third-order valence-corrected chi connectivity index (χ3v) is 8.49. The molecule has 2 atom stereocenters. The van der Waals surface area contributed by atoms with Crippen molar-refractivity contribution in [2.75, 3.05) is 30.3 Å². The van der Waals surface area contributed by atoms with E-state index in [1.807, 2.05) is 12.1 Å². The molecule has 1 aromatic heterocycles. The monoisotopic (exact) mass is 571 g/mol. The first-order chi connectivity index (χ1) is 20.3. The highest BCUT2D eigenvalue weighted by Crippen LogP contribution is 2.42. The number of halogens is 1. The number of hydrogen-bond donors (Lipinski definition) is 2. The number of nitrogens with two attached hydrogens (primary N) is 1. The van der Waals surface area contributed by atoms with Gasteiger partial charge < -0.3 is 25.4 Å². The molecular weight excluding hydrogens is 537 g/mol. The first-order valence-corrected chi connectivity index (χ1v) is 14.3. The molecule has 6 rings (SSSR count). The number of nitrogens with zero attached hydrogens (tertiary/aromatic N) is 4. The zero-order valence-corrected chi connectivity index (χ0v) is 23.6. The van der Waals surface area contributed by atoms with Gasteiger partial charge in [0.15, 0.2) is 11.6 Å². The predicted octanol–water partition coefficient (Wildman–Crippen LogP) is 4.24. The Morgan fingerprint density at radius 2 is 2.05 bits per heavy atom. The largest absolute Gasteiger partial charge is 0.485 e. The molecule has 218 valence electrons. The van der Waals surface area contributed by atoms with Crippen molar-refractivity contribution in [1.29, 1.82) is 0 Å². The van der Waals surface area contributed by atoms with Crippen LogP contribution in [0, 0.1) is 11.7 Å². The lowest BCUT2D eigenvalue weighted by Crippen LogP contribution is -2.38.